The van der Waals surface area contributed by atoms with Crippen LogP contribution in [0.15, 0.2) is 35.1 Å². The summed E-state index contributed by atoms with van der Waals surface area (Å²) in [4.78, 5) is 14.4. The van der Waals surface area contributed by atoms with Crippen LogP contribution in [0.5, 0.6) is 5.75 Å². The number of aromatic nitrogens is 1. The van der Waals surface area contributed by atoms with Gasteiger partial charge in [0, 0.05) is 13.7 Å². The fraction of sp³-hybridized carbons (Fsp3) is 0.444. The number of carbonyl (C=O) groups excluding carboxylic acids is 1. The fourth-order valence-electron chi connectivity index (χ4n) is 2.96. The Labute approximate surface area is 141 Å². The molecule has 1 aliphatic rings. The summed E-state index contributed by atoms with van der Waals surface area (Å²) < 4.78 is 16.6. The van der Waals surface area contributed by atoms with Gasteiger partial charge in [-0.3, -0.25) is 4.79 Å². The maximum atomic E-state index is 12.6. The van der Waals surface area contributed by atoms with E-state index in [1.54, 1.807) is 18.9 Å². The quantitative estimate of drug-likeness (QED) is 0.843. The van der Waals surface area contributed by atoms with Gasteiger partial charge in [0.1, 0.15) is 29.8 Å². The third-order valence-corrected chi connectivity index (χ3v) is 4.60. The van der Waals surface area contributed by atoms with Crippen molar-refractivity contribution >= 4 is 5.91 Å². The molecule has 2 heterocycles. The third kappa shape index (κ3) is 3.14. The standard InChI is InChI=1S/C18H22N2O4/c1-13-6-4-5-7-16(13)23-12-18(22-3)8-9-20(11-18)17(21)15-10-24-19-14(15)2/h4-7,10H,8-9,11-12H2,1-3H3/t18-/m1/s1. The molecule has 2 aromatic rings. The lowest BCUT2D eigenvalue weighted by molar-refractivity contribution is -0.0344. The maximum absolute atomic E-state index is 12.6. The van der Waals surface area contributed by atoms with Gasteiger partial charge in [0.05, 0.1) is 12.2 Å². The zero-order chi connectivity index (χ0) is 17.2. The molecule has 1 saturated heterocycles. The maximum Gasteiger partial charge on any atom is 0.259 e. The SMILES string of the molecule is CO[C@]1(COc2ccccc2C)CCN(C(=O)c2conc2C)C1. The summed E-state index contributed by atoms with van der Waals surface area (Å²) in [6, 6.07) is 7.87. The largest absolute Gasteiger partial charge is 0.490 e. The summed E-state index contributed by atoms with van der Waals surface area (Å²) >= 11 is 0. The number of nitrogens with zero attached hydrogens (tertiary/aromatic N) is 2. The van der Waals surface area contributed by atoms with Crippen molar-refractivity contribution in [2.75, 3.05) is 26.8 Å². The number of methoxy groups -OCH3 is 1. The van der Waals surface area contributed by atoms with Gasteiger partial charge in [-0.25, -0.2) is 0 Å². The number of likely N-dealkylation sites (tertiary alicyclic amines) is 1. The summed E-state index contributed by atoms with van der Waals surface area (Å²) in [5.74, 6) is 0.761. The molecule has 0 unspecified atom stereocenters. The van der Waals surface area contributed by atoms with Crippen LogP contribution in [0, 0.1) is 13.8 Å². The van der Waals surface area contributed by atoms with Gasteiger partial charge < -0.3 is 18.9 Å². The second-order valence-corrected chi connectivity index (χ2v) is 6.23. The molecule has 0 bridgehead atoms. The van der Waals surface area contributed by atoms with E-state index >= 15 is 0 Å². The molecule has 3 rings (SSSR count). The van der Waals surface area contributed by atoms with Crippen LogP contribution in [0.4, 0.5) is 0 Å². The number of aryl methyl sites for hydroxylation is 2. The molecule has 0 radical (unpaired) electrons. The molecule has 1 fully saturated rings. The summed E-state index contributed by atoms with van der Waals surface area (Å²) in [6.07, 6.45) is 2.12. The molecule has 24 heavy (non-hydrogen) atoms. The van der Waals surface area contributed by atoms with Gasteiger partial charge in [-0.1, -0.05) is 23.4 Å². The molecule has 1 amide bonds. The van der Waals surface area contributed by atoms with Crippen LogP contribution < -0.4 is 4.74 Å². The Balaban J connectivity index is 1.68. The average Bonchev–Trinajstić information content (AvgIpc) is 3.21. The molecule has 0 spiro atoms. The Kier molecular flexibility index (Phi) is 4.57. The Morgan fingerprint density at radius 3 is 2.83 bits per heavy atom. The molecular formula is C18H22N2O4. The second kappa shape index (κ2) is 6.65. The number of ether oxygens (including phenoxy) is 2. The molecule has 128 valence electrons. The predicted molar refractivity (Wildman–Crippen MR) is 88.2 cm³/mol. The molecule has 0 aliphatic carbocycles. The lowest BCUT2D eigenvalue weighted by Gasteiger charge is -2.28. The molecule has 1 aromatic heterocycles. The average molecular weight is 330 g/mol. The Bertz CT molecular complexity index is 727. The summed E-state index contributed by atoms with van der Waals surface area (Å²) in [6.45, 7) is 5.28. The number of benzene rings is 1. The number of hydrogen-bond donors (Lipinski definition) is 0. The number of carbonyl (C=O) groups is 1. The van der Waals surface area contributed by atoms with E-state index in [-0.39, 0.29) is 5.91 Å². The van der Waals surface area contributed by atoms with E-state index in [1.807, 2.05) is 31.2 Å². The number of hydrogen-bond acceptors (Lipinski definition) is 5. The second-order valence-electron chi connectivity index (χ2n) is 6.23. The third-order valence-electron chi connectivity index (χ3n) is 4.60. The van der Waals surface area contributed by atoms with Gasteiger partial charge in [-0.15, -0.1) is 0 Å². The Hall–Kier alpha value is -2.34. The molecule has 1 aliphatic heterocycles. The number of amides is 1. The van der Waals surface area contributed by atoms with E-state index in [9.17, 15) is 4.79 Å². The van der Waals surface area contributed by atoms with Gasteiger partial charge in [-0.2, -0.15) is 0 Å². The topological polar surface area (TPSA) is 64.8 Å². The highest BCUT2D eigenvalue weighted by molar-refractivity contribution is 5.95. The van der Waals surface area contributed by atoms with Crippen molar-refractivity contribution in [3.8, 4) is 5.75 Å². The van der Waals surface area contributed by atoms with Gasteiger partial charge in [0.15, 0.2) is 0 Å². The molecule has 0 saturated carbocycles. The van der Waals surface area contributed by atoms with Gasteiger partial charge in [0.25, 0.3) is 5.91 Å². The van der Waals surface area contributed by atoms with Crippen LogP contribution in [-0.2, 0) is 4.74 Å². The minimum atomic E-state index is -0.497. The first-order valence-corrected chi connectivity index (χ1v) is 7.98. The minimum Gasteiger partial charge on any atom is -0.490 e. The highest BCUT2D eigenvalue weighted by atomic mass is 16.5. The summed E-state index contributed by atoms with van der Waals surface area (Å²) in [7, 11) is 1.67. The molecule has 1 aromatic carbocycles. The molecule has 1 atom stereocenters. The minimum absolute atomic E-state index is 0.0800. The van der Waals surface area contributed by atoms with Crippen LogP contribution >= 0.6 is 0 Å². The first-order chi connectivity index (χ1) is 11.5. The van der Waals surface area contributed by atoms with E-state index < -0.39 is 5.60 Å². The van der Waals surface area contributed by atoms with Crippen LogP contribution in [0.2, 0.25) is 0 Å². The van der Waals surface area contributed by atoms with E-state index in [1.165, 1.54) is 6.26 Å². The first kappa shape index (κ1) is 16.5. The monoisotopic (exact) mass is 330 g/mol. The van der Waals surface area contributed by atoms with Crippen molar-refractivity contribution in [2.24, 2.45) is 0 Å². The zero-order valence-corrected chi connectivity index (χ0v) is 14.2. The van der Waals surface area contributed by atoms with E-state index in [2.05, 4.69) is 5.16 Å². The molecule has 6 heteroatoms. The lowest BCUT2D eigenvalue weighted by atomic mass is 10.0. The van der Waals surface area contributed by atoms with Crippen molar-refractivity contribution in [1.82, 2.24) is 10.1 Å². The van der Waals surface area contributed by atoms with Crippen molar-refractivity contribution in [3.05, 3.63) is 47.3 Å². The molecular weight excluding hydrogens is 308 g/mol. The van der Waals surface area contributed by atoms with Crippen LogP contribution in [-0.4, -0.2) is 48.4 Å². The Morgan fingerprint density at radius 2 is 2.17 bits per heavy atom. The van der Waals surface area contributed by atoms with Crippen molar-refractivity contribution in [3.63, 3.8) is 0 Å². The van der Waals surface area contributed by atoms with Crippen molar-refractivity contribution < 1.29 is 18.8 Å². The van der Waals surface area contributed by atoms with Crippen LogP contribution in [0.25, 0.3) is 0 Å². The summed E-state index contributed by atoms with van der Waals surface area (Å²) in [5, 5.41) is 3.77. The van der Waals surface area contributed by atoms with E-state index in [0.717, 1.165) is 17.7 Å². The van der Waals surface area contributed by atoms with Crippen molar-refractivity contribution in [1.29, 1.82) is 0 Å². The van der Waals surface area contributed by atoms with E-state index in [0.29, 0.717) is 31.0 Å². The highest BCUT2D eigenvalue weighted by Crippen LogP contribution is 2.28. The van der Waals surface area contributed by atoms with Gasteiger partial charge in [0.2, 0.25) is 0 Å². The smallest absolute Gasteiger partial charge is 0.259 e. The van der Waals surface area contributed by atoms with Gasteiger partial charge in [-0.05, 0) is 31.9 Å². The van der Waals surface area contributed by atoms with Crippen molar-refractivity contribution in [2.45, 2.75) is 25.9 Å². The first-order valence-electron chi connectivity index (χ1n) is 7.98. The number of para-hydroxylation sites is 1. The fourth-order valence-corrected chi connectivity index (χ4v) is 2.96. The van der Waals surface area contributed by atoms with Crippen LogP contribution in [0.3, 0.4) is 0 Å². The normalized spacial score (nSPS) is 20.4. The predicted octanol–water partition coefficient (Wildman–Crippen LogP) is 2.60. The number of rotatable bonds is 5. The van der Waals surface area contributed by atoms with E-state index in [4.69, 9.17) is 14.0 Å². The lowest BCUT2D eigenvalue weighted by Crippen LogP contribution is -2.42. The zero-order valence-electron chi connectivity index (χ0n) is 14.2. The molecule has 6 nitrogen and oxygen atoms in total. The van der Waals surface area contributed by atoms with Gasteiger partial charge >= 0.3 is 0 Å². The summed E-state index contributed by atoms with van der Waals surface area (Å²) in [5.41, 5.74) is 1.69. The Morgan fingerprint density at radius 1 is 1.38 bits per heavy atom. The molecule has 0 N–H and O–H groups in total. The van der Waals surface area contributed by atoms with Crippen LogP contribution in [0.1, 0.15) is 28.0 Å². The highest BCUT2D eigenvalue weighted by Gasteiger charge is 2.42.